The molecule has 0 saturated heterocycles. The van der Waals surface area contributed by atoms with Gasteiger partial charge in [-0.05, 0) is 6.92 Å². The van der Waals surface area contributed by atoms with Crippen LogP contribution in [0.5, 0.6) is 0 Å². The number of carbonyl (C=O) groups excluding carboxylic acids is 2. The maximum absolute atomic E-state index is 11.7. The van der Waals surface area contributed by atoms with Gasteiger partial charge in [-0.2, -0.15) is 5.10 Å². The molecule has 2 amide bonds. The van der Waals surface area contributed by atoms with Crippen molar-refractivity contribution in [3.05, 3.63) is 11.8 Å². The van der Waals surface area contributed by atoms with Crippen molar-refractivity contribution in [2.24, 2.45) is 0 Å². The molecule has 0 bridgehead atoms. The smallest absolute Gasteiger partial charge is 0.247 e. The van der Waals surface area contributed by atoms with Crippen LogP contribution in [0.1, 0.15) is 40.3 Å². The third-order valence-electron chi connectivity index (χ3n) is 2.45. The van der Waals surface area contributed by atoms with Gasteiger partial charge in [0.25, 0.3) is 0 Å². The summed E-state index contributed by atoms with van der Waals surface area (Å²) in [5.41, 5.74) is 0.879. The van der Waals surface area contributed by atoms with Crippen molar-refractivity contribution in [3.63, 3.8) is 0 Å². The van der Waals surface area contributed by atoms with E-state index in [-0.39, 0.29) is 17.2 Å². The van der Waals surface area contributed by atoms with E-state index >= 15 is 0 Å². The average Bonchev–Trinajstić information content (AvgIpc) is 2.64. The summed E-state index contributed by atoms with van der Waals surface area (Å²) in [4.78, 5) is 22.6. The molecule has 0 aliphatic heterocycles. The van der Waals surface area contributed by atoms with Crippen LogP contribution in [0.2, 0.25) is 0 Å². The SMILES string of the molecule is CC(=O)NC(C)C(=O)Nc1cc(C(C)(C)C)[nH]n1. The molecule has 0 aliphatic carbocycles. The molecule has 0 radical (unpaired) electrons. The average molecular weight is 252 g/mol. The molecule has 0 aliphatic rings. The highest BCUT2D eigenvalue weighted by molar-refractivity contribution is 5.95. The lowest BCUT2D eigenvalue weighted by Gasteiger charge is -2.14. The van der Waals surface area contributed by atoms with Crippen LogP contribution in [0.3, 0.4) is 0 Å². The van der Waals surface area contributed by atoms with E-state index in [0.29, 0.717) is 5.82 Å². The summed E-state index contributed by atoms with van der Waals surface area (Å²) in [6.07, 6.45) is 0. The molecule has 6 nitrogen and oxygen atoms in total. The molecule has 100 valence electrons. The Morgan fingerprint density at radius 2 is 2.00 bits per heavy atom. The second kappa shape index (κ2) is 5.20. The van der Waals surface area contributed by atoms with Crippen molar-refractivity contribution in [1.82, 2.24) is 15.5 Å². The monoisotopic (exact) mass is 252 g/mol. The van der Waals surface area contributed by atoms with Gasteiger partial charge in [0.2, 0.25) is 11.8 Å². The predicted octanol–water partition coefficient (Wildman–Crippen LogP) is 1.17. The molecular weight excluding hydrogens is 232 g/mol. The van der Waals surface area contributed by atoms with Crippen LogP contribution in [-0.4, -0.2) is 28.1 Å². The highest BCUT2D eigenvalue weighted by atomic mass is 16.2. The summed E-state index contributed by atoms with van der Waals surface area (Å²) in [6, 6.07) is 1.20. The first-order chi connectivity index (χ1) is 8.20. The summed E-state index contributed by atoms with van der Waals surface area (Å²) in [6.45, 7) is 9.13. The quantitative estimate of drug-likeness (QED) is 0.754. The molecule has 1 aromatic rings. The van der Waals surface area contributed by atoms with Gasteiger partial charge in [0.1, 0.15) is 6.04 Å². The lowest BCUT2D eigenvalue weighted by Crippen LogP contribution is -2.40. The van der Waals surface area contributed by atoms with Gasteiger partial charge in [0.15, 0.2) is 5.82 Å². The summed E-state index contributed by atoms with van der Waals surface area (Å²) >= 11 is 0. The summed E-state index contributed by atoms with van der Waals surface area (Å²) in [7, 11) is 0. The standard InChI is InChI=1S/C12H20N4O2/c1-7(13-8(2)17)11(18)14-10-6-9(15-16-10)12(3,4)5/h6-7H,1-5H3,(H,13,17)(H2,14,15,16,18). The molecular formula is C12H20N4O2. The fourth-order valence-electron chi connectivity index (χ4n) is 1.37. The molecule has 0 spiro atoms. The van der Waals surface area contributed by atoms with Crippen LogP contribution in [0.4, 0.5) is 5.82 Å². The minimum absolute atomic E-state index is 0.0563. The Morgan fingerprint density at radius 1 is 1.39 bits per heavy atom. The largest absolute Gasteiger partial charge is 0.345 e. The minimum Gasteiger partial charge on any atom is -0.345 e. The first kappa shape index (κ1) is 14.2. The molecule has 1 rings (SSSR count). The zero-order valence-electron chi connectivity index (χ0n) is 11.4. The molecule has 1 aromatic heterocycles. The second-order valence-corrected chi connectivity index (χ2v) is 5.33. The second-order valence-electron chi connectivity index (χ2n) is 5.33. The molecule has 18 heavy (non-hydrogen) atoms. The van der Waals surface area contributed by atoms with E-state index in [0.717, 1.165) is 5.69 Å². The molecule has 1 atom stereocenters. The molecule has 6 heteroatoms. The van der Waals surface area contributed by atoms with E-state index < -0.39 is 6.04 Å². The van der Waals surface area contributed by atoms with Crippen LogP contribution in [-0.2, 0) is 15.0 Å². The number of anilines is 1. The molecule has 1 unspecified atom stereocenters. The van der Waals surface area contributed by atoms with E-state index in [1.807, 2.05) is 20.8 Å². The zero-order chi connectivity index (χ0) is 13.9. The summed E-state index contributed by atoms with van der Waals surface area (Å²) in [5, 5.41) is 12.0. The number of aromatic amines is 1. The predicted molar refractivity (Wildman–Crippen MR) is 69.2 cm³/mol. The number of rotatable bonds is 3. The fourth-order valence-corrected chi connectivity index (χ4v) is 1.37. The van der Waals surface area contributed by atoms with Crippen LogP contribution >= 0.6 is 0 Å². The van der Waals surface area contributed by atoms with Crippen molar-refractivity contribution in [3.8, 4) is 0 Å². The number of hydrogen-bond acceptors (Lipinski definition) is 3. The van der Waals surface area contributed by atoms with Crippen molar-refractivity contribution in [2.45, 2.75) is 46.1 Å². The van der Waals surface area contributed by atoms with Crippen molar-refractivity contribution >= 4 is 17.6 Å². The first-order valence-corrected chi connectivity index (χ1v) is 5.84. The Hall–Kier alpha value is -1.85. The van der Waals surface area contributed by atoms with Gasteiger partial charge in [0.05, 0.1) is 0 Å². The van der Waals surface area contributed by atoms with Gasteiger partial charge < -0.3 is 10.6 Å². The highest BCUT2D eigenvalue weighted by Crippen LogP contribution is 2.21. The highest BCUT2D eigenvalue weighted by Gasteiger charge is 2.19. The van der Waals surface area contributed by atoms with E-state index in [9.17, 15) is 9.59 Å². The molecule has 0 fully saturated rings. The van der Waals surface area contributed by atoms with E-state index in [2.05, 4.69) is 20.8 Å². The zero-order valence-corrected chi connectivity index (χ0v) is 11.4. The lowest BCUT2D eigenvalue weighted by atomic mass is 9.92. The molecule has 3 N–H and O–H groups in total. The van der Waals surface area contributed by atoms with Gasteiger partial charge in [-0.3, -0.25) is 14.7 Å². The number of nitrogens with one attached hydrogen (secondary N) is 3. The van der Waals surface area contributed by atoms with Gasteiger partial charge in [-0.1, -0.05) is 20.8 Å². The van der Waals surface area contributed by atoms with Gasteiger partial charge in [-0.25, -0.2) is 0 Å². The number of carbonyl (C=O) groups is 2. The van der Waals surface area contributed by atoms with Crippen LogP contribution in [0.15, 0.2) is 6.07 Å². The summed E-state index contributed by atoms with van der Waals surface area (Å²) in [5.74, 6) is -0.0747. The van der Waals surface area contributed by atoms with Crippen molar-refractivity contribution in [1.29, 1.82) is 0 Å². The van der Waals surface area contributed by atoms with Crippen LogP contribution in [0, 0.1) is 0 Å². The van der Waals surface area contributed by atoms with Crippen LogP contribution < -0.4 is 10.6 Å². The number of amides is 2. The van der Waals surface area contributed by atoms with Crippen molar-refractivity contribution in [2.75, 3.05) is 5.32 Å². The van der Waals surface area contributed by atoms with E-state index in [1.165, 1.54) is 6.92 Å². The molecule has 0 saturated carbocycles. The Balaban J connectivity index is 2.65. The maximum atomic E-state index is 11.7. The normalized spacial score (nSPS) is 12.9. The van der Waals surface area contributed by atoms with Crippen molar-refractivity contribution < 1.29 is 9.59 Å². The van der Waals surface area contributed by atoms with Gasteiger partial charge >= 0.3 is 0 Å². The van der Waals surface area contributed by atoms with Gasteiger partial charge in [0, 0.05) is 24.1 Å². The molecule has 0 aromatic carbocycles. The number of nitrogens with zero attached hydrogens (tertiary/aromatic N) is 1. The summed E-state index contributed by atoms with van der Waals surface area (Å²) < 4.78 is 0. The third kappa shape index (κ3) is 3.87. The number of H-pyrrole nitrogens is 1. The molecule has 1 heterocycles. The third-order valence-corrected chi connectivity index (χ3v) is 2.45. The van der Waals surface area contributed by atoms with E-state index in [1.54, 1.807) is 13.0 Å². The maximum Gasteiger partial charge on any atom is 0.247 e. The van der Waals surface area contributed by atoms with Crippen LogP contribution in [0.25, 0.3) is 0 Å². The Kier molecular flexibility index (Phi) is 4.11. The van der Waals surface area contributed by atoms with Gasteiger partial charge in [-0.15, -0.1) is 0 Å². The Morgan fingerprint density at radius 3 is 2.44 bits per heavy atom. The first-order valence-electron chi connectivity index (χ1n) is 5.84. The Labute approximate surface area is 107 Å². The number of hydrogen-bond donors (Lipinski definition) is 3. The van der Waals surface area contributed by atoms with E-state index in [4.69, 9.17) is 0 Å². The topological polar surface area (TPSA) is 86.9 Å². The lowest BCUT2D eigenvalue weighted by molar-refractivity contribution is -0.124. The number of aromatic nitrogens is 2. The Bertz CT molecular complexity index is 445. The fraction of sp³-hybridized carbons (Fsp3) is 0.583. The minimum atomic E-state index is -0.586.